The van der Waals surface area contributed by atoms with Crippen molar-refractivity contribution >= 4 is 51.8 Å². The van der Waals surface area contributed by atoms with Gasteiger partial charge in [0, 0.05) is 57.6 Å². The van der Waals surface area contributed by atoms with Crippen LogP contribution < -0.4 is 21.1 Å². The molecule has 1 fully saturated rings. The van der Waals surface area contributed by atoms with Gasteiger partial charge < -0.3 is 24.9 Å². The molecular formula is C40H49N13O6. The molecule has 59 heavy (non-hydrogen) atoms. The normalized spacial score (nSPS) is 13.5. The number of anilines is 2. The minimum Gasteiger partial charge on any atom is -0.491 e. The number of nitrogens with two attached hydrogens (primary N) is 1. The number of fused-ring (bicyclic) bond motifs is 2. The predicted molar refractivity (Wildman–Crippen MR) is 219 cm³/mol. The lowest BCUT2D eigenvalue weighted by Gasteiger charge is -2.26. The third-order valence-electron chi connectivity index (χ3n) is 9.96. The lowest BCUT2D eigenvalue weighted by molar-refractivity contribution is 0.0358. The molecule has 19 heteroatoms. The lowest BCUT2D eigenvalue weighted by Crippen LogP contribution is -2.37. The minimum atomic E-state index is -0.642. The van der Waals surface area contributed by atoms with E-state index in [0.29, 0.717) is 89.2 Å². The molecule has 0 radical (unpaired) electrons. The number of nitrogens with one attached hydrogen (secondary N) is 2. The fourth-order valence-corrected chi connectivity index (χ4v) is 7.09. The van der Waals surface area contributed by atoms with Crippen molar-refractivity contribution < 1.29 is 29.0 Å². The maximum atomic E-state index is 13.7. The summed E-state index contributed by atoms with van der Waals surface area (Å²) in [7, 11) is 0. The molecular weight excluding hydrogens is 759 g/mol. The number of nitrogens with zero attached hydrogens (tertiary/aromatic N) is 10. The quantitative estimate of drug-likeness (QED) is 0.0770. The van der Waals surface area contributed by atoms with Crippen LogP contribution in [0.15, 0.2) is 48.7 Å². The van der Waals surface area contributed by atoms with Gasteiger partial charge in [0.25, 0.3) is 11.8 Å². The molecule has 5 aromatic heterocycles. The van der Waals surface area contributed by atoms with E-state index in [1.807, 2.05) is 39.8 Å². The molecule has 1 aliphatic heterocycles. The average molecular weight is 808 g/mol. The summed E-state index contributed by atoms with van der Waals surface area (Å²) < 4.78 is 18.6. The molecule has 310 valence electrons. The Bertz CT molecular complexity index is 2520. The number of primary amides is 1. The SMILES string of the molecule is CCn1nc(C)cc1C(=O)Nc1nc2cc(CO)cnc2n1C/C=C/Cn1c(NC(=O)c2cc(C)nn2CC)nc2cc(C(N)=O)cc(OCCCN3CCOCC3)c21. The molecule has 1 aromatic carbocycles. The van der Waals surface area contributed by atoms with Crippen LogP contribution in [0.4, 0.5) is 11.9 Å². The summed E-state index contributed by atoms with van der Waals surface area (Å²) in [6, 6.07) is 8.33. The number of aliphatic hydroxyl groups excluding tert-OH is 1. The number of hydrogen-bond donors (Lipinski definition) is 4. The first kappa shape index (κ1) is 40.7. The molecule has 1 aliphatic rings. The number of pyridine rings is 1. The van der Waals surface area contributed by atoms with E-state index < -0.39 is 11.8 Å². The largest absolute Gasteiger partial charge is 0.491 e. The van der Waals surface area contributed by atoms with E-state index in [-0.39, 0.29) is 43.1 Å². The summed E-state index contributed by atoms with van der Waals surface area (Å²) in [6.45, 7) is 13.0. The highest BCUT2D eigenvalue weighted by Gasteiger charge is 2.23. The first-order valence-electron chi connectivity index (χ1n) is 19.7. The van der Waals surface area contributed by atoms with E-state index in [4.69, 9.17) is 20.2 Å². The number of carbonyl (C=O) groups is 3. The first-order valence-corrected chi connectivity index (χ1v) is 19.7. The molecule has 0 unspecified atom stereocenters. The van der Waals surface area contributed by atoms with Gasteiger partial charge >= 0.3 is 0 Å². The standard InChI is InChI=1S/C40H49N13O6/c1-5-52-31(18-25(3)47-52)37(56)45-39-43-29-21-28(35(41)55)22-33(59-15-9-10-49-13-16-58-17-14-49)34(29)50(39)11-7-8-12-51-36-30(20-27(24-54)23-42-36)44-40(51)46-38(57)32-19-26(4)48-53(32)6-2/h7-8,18-23,54H,5-6,9-17,24H2,1-4H3,(H2,41,55)(H,43,45,56)(H,44,46,57)/b8-7+. The van der Waals surface area contributed by atoms with E-state index in [2.05, 4.69) is 35.7 Å². The molecule has 3 amide bonds. The Kier molecular flexibility index (Phi) is 12.4. The highest BCUT2D eigenvalue weighted by molar-refractivity contribution is 6.04. The number of hydrogen-bond acceptors (Lipinski definition) is 12. The van der Waals surface area contributed by atoms with Crippen LogP contribution in [-0.4, -0.2) is 111 Å². The summed E-state index contributed by atoms with van der Waals surface area (Å²) in [5.41, 5.74) is 10.7. The summed E-state index contributed by atoms with van der Waals surface area (Å²) in [6.07, 6.45) is 6.06. The molecule has 7 rings (SSSR count). The number of carbonyl (C=O) groups excluding carboxylic acids is 3. The molecule has 1 saturated heterocycles. The van der Waals surface area contributed by atoms with Crippen molar-refractivity contribution in [3.05, 3.63) is 82.6 Å². The molecule has 6 aromatic rings. The zero-order chi connectivity index (χ0) is 41.6. The number of aromatic nitrogens is 9. The van der Waals surface area contributed by atoms with E-state index >= 15 is 0 Å². The van der Waals surface area contributed by atoms with Crippen LogP contribution in [0.2, 0.25) is 0 Å². The number of benzene rings is 1. The van der Waals surface area contributed by atoms with Crippen LogP contribution in [0.3, 0.4) is 0 Å². The number of allylic oxidation sites excluding steroid dienone is 2. The molecule has 0 spiro atoms. The number of ether oxygens (including phenoxy) is 2. The molecule has 5 N–H and O–H groups in total. The molecule has 0 aliphatic carbocycles. The predicted octanol–water partition coefficient (Wildman–Crippen LogP) is 3.28. The van der Waals surface area contributed by atoms with Gasteiger partial charge in [-0.15, -0.1) is 0 Å². The van der Waals surface area contributed by atoms with Crippen molar-refractivity contribution in [2.45, 2.75) is 66.9 Å². The number of aliphatic hydroxyl groups is 1. The molecule has 0 atom stereocenters. The van der Waals surface area contributed by atoms with Gasteiger partial charge in [-0.2, -0.15) is 10.2 Å². The van der Waals surface area contributed by atoms with Crippen molar-refractivity contribution in [2.24, 2.45) is 5.73 Å². The number of rotatable bonds is 17. The third-order valence-corrected chi connectivity index (χ3v) is 9.96. The highest BCUT2D eigenvalue weighted by Crippen LogP contribution is 2.32. The third kappa shape index (κ3) is 9.01. The van der Waals surface area contributed by atoms with Gasteiger partial charge in [0.05, 0.1) is 43.3 Å². The zero-order valence-electron chi connectivity index (χ0n) is 33.6. The maximum absolute atomic E-state index is 13.7. The highest BCUT2D eigenvalue weighted by atomic mass is 16.5. The van der Waals surface area contributed by atoms with Crippen LogP contribution in [0, 0.1) is 13.8 Å². The van der Waals surface area contributed by atoms with E-state index in [0.717, 1.165) is 26.1 Å². The number of morpholine rings is 1. The van der Waals surface area contributed by atoms with Crippen molar-refractivity contribution in [1.82, 2.24) is 48.5 Å². The van der Waals surface area contributed by atoms with Crippen LogP contribution in [0.25, 0.3) is 22.2 Å². The Morgan fingerprint density at radius 1 is 0.864 bits per heavy atom. The smallest absolute Gasteiger partial charge is 0.276 e. The van der Waals surface area contributed by atoms with Gasteiger partial charge in [-0.1, -0.05) is 12.2 Å². The molecule has 19 nitrogen and oxygen atoms in total. The Morgan fingerprint density at radius 3 is 2.08 bits per heavy atom. The van der Waals surface area contributed by atoms with Crippen LogP contribution in [-0.2, 0) is 37.5 Å². The first-order chi connectivity index (χ1) is 28.6. The molecule has 0 saturated carbocycles. The Labute approximate surface area is 339 Å². The van der Waals surface area contributed by atoms with Crippen LogP contribution in [0.5, 0.6) is 5.75 Å². The van der Waals surface area contributed by atoms with E-state index in [9.17, 15) is 19.5 Å². The number of imidazole rings is 2. The van der Waals surface area contributed by atoms with Gasteiger partial charge in [-0.25, -0.2) is 15.0 Å². The van der Waals surface area contributed by atoms with Crippen molar-refractivity contribution in [1.29, 1.82) is 0 Å². The summed E-state index contributed by atoms with van der Waals surface area (Å²) in [5, 5.41) is 24.5. The fourth-order valence-electron chi connectivity index (χ4n) is 7.09. The number of aryl methyl sites for hydroxylation is 4. The average Bonchev–Trinajstić information content (AvgIpc) is 4.00. The monoisotopic (exact) mass is 807 g/mol. The minimum absolute atomic E-state index is 0.212. The maximum Gasteiger partial charge on any atom is 0.276 e. The summed E-state index contributed by atoms with van der Waals surface area (Å²) in [4.78, 5) is 56.1. The molecule has 6 heterocycles. The summed E-state index contributed by atoms with van der Waals surface area (Å²) in [5.74, 6) is -0.559. The van der Waals surface area contributed by atoms with Gasteiger partial charge in [0.2, 0.25) is 17.8 Å². The Balaban J connectivity index is 1.21. The van der Waals surface area contributed by atoms with Crippen LogP contribution in [0.1, 0.15) is 68.6 Å². The lowest BCUT2D eigenvalue weighted by atomic mass is 10.1. The Hall–Kier alpha value is -6.44. The van der Waals surface area contributed by atoms with Crippen molar-refractivity contribution in [2.75, 3.05) is 50.1 Å². The van der Waals surface area contributed by atoms with E-state index in [1.165, 1.54) is 0 Å². The second-order valence-corrected chi connectivity index (χ2v) is 14.2. The fraction of sp³-hybridized carbons (Fsp3) is 0.400. The number of amides is 3. The second kappa shape index (κ2) is 18.0. The van der Waals surface area contributed by atoms with Gasteiger partial charge in [0.15, 0.2) is 5.65 Å². The summed E-state index contributed by atoms with van der Waals surface area (Å²) >= 11 is 0. The van der Waals surface area contributed by atoms with Crippen molar-refractivity contribution in [3.63, 3.8) is 0 Å². The van der Waals surface area contributed by atoms with Gasteiger partial charge in [-0.3, -0.25) is 43.8 Å². The van der Waals surface area contributed by atoms with Gasteiger partial charge in [0.1, 0.15) is 28.2 Å². The van der Waals surface area contributed by atoms with Crippen molar-refractivity contribution in [3.8, 4) is 5.75 Å². The topological polar surface area (TPSA) is 227 Å². The van der Waals surface area contributed by atoms with Crippen LogP contribution >= 0.6 is 0 Å². The van der Waals surface area contributed by atoms with Gasteiger partial charge in [-0.05, 0) is 70.0 Å². The molecule has 0 bridgehead atoms. The van der Waals surface area contributed by atoms with E-state index in [1.54, 1.807) is 55.0 Å². The second-order valence-electron chi connectivity index (χ2n) is 14.2. The Morgan fingerprint density at radius 2 is 1.47 bits per heavy atom. The zero-order valence-corrected chi connectivity index (χ0v) is 33.6.